The second-order valence-electron chi connectivity index (χ2n) is 5.85. The lowest BCUT2D eigenvalue weighted by molar-refractivity contribution is 0.164. The SMILES string of the molecule is CCc1noc(C(C)N2CCN(c3cccc(F)c3C#N)CC2)n1. The molecule has 0 aliphatic carbocycles. The van der Waals surface area contributed by atoms with Crippen LogP contribution >= 0.6 is 0 Å². The van der Waals surface area contributed by atoms with Gasteiger partial charge in [-0.15, -0.1) is 0 Å². The van der Waals surface area contributed by atoms with Crippen molar-refractivity contribution in [3.63, 3.8) is 0 Å². The van der Waals surface area contributed by atoms with Crippen LogP contribution in [-0.4, -0.2) is 41.2 Å². The van der Waals surface area contributed by atoms with Gasteiger partial charge >= 0.3 is 0 Å². The summed E-state index contributed by atoms with van der Waals surface area (Å²) in [5.41, 5.74) is 0.777. The molecule has 2 heterocycles. The van der Waals surface area contributed by atoms with E-state index in [2.05, 4.69) is 19.9 Å². The minimum absolute atomic E-state index is 0.0443. The van der Waals surface area contributed by atoms with Gasteiger partial charge in [-0.05, 0) is 19.1 Å². The Kier molecular flexibility index (Phi) is 4.76. The van der Waals surface area contributed by atoms with Crippen molar-refractivity contribution in [2.45, 2.75) is 26.3 Å². The lowest BCUT2D eigenvalue weighted by Crippen LogP contribution is -2.47. The summed E-state index contributed by atoms with van der Waals surface area (Å²) in [5, 5.41) is 13.1. The normalized spacial score (nSPS) is 16.8. The van der Waals surface area contributed by atoms with Crippen LogP contribution < -0.4 is 4.90 Å². The molecule has 24 heavy (non-hydrogen) atoms. The highest BCUT2D eigenvalue weighted by molar-refractivity contribution is 5.60. The van der Waals surface area contributed by atoms with Crippen molar-refractivity contribution in [3.05, 3.63) is 41.3 Å². The van der Waals surface area contributed by atoms with Gasteiger partial charge in [-0.2, -0.15) is 10.2 Å². The number of benzene rings is 1. The monoisotopic (exact) mass is 329 g/mol. The van der Waals surface area contributed by atoms with Crippen molar-refractivity contribution in [2.75, 3.05) is 31.1 Å². The third kappa shape index (κ3) is 3.10. The van der Waals surface area contributed by atoms with E-state index in [1.165, 1.54) is 6.07 Å². The fraction of sp³-hybridized carbons (Fsp3) is 0.471. The Hall–Kier alpha value is -2.46. The van der Waals surface area contributed by atoms with Gasteiger partial charge in [0.1, 0.15) is 17.4 Å². The Morgan fingerprint density at radius 3 is 2.71 bits per heavy atom. The standard InChI is InChI=1S/C17H20FN5O/c1-3-16-20-17(24-21-16)12(2)22-7-9-23(10-8-22)15-6-4-5-14(18)13(15)11-19/h4-6,12H,3,7-10H2,1-2H3. The summed E-state index contributed by atoms with van der Waals surface area (Å²) in [5.74, 6) is 0.876. The van der Waals surface area contributed by atoms with Crippen molar-refractivity contribution in [1.82, 2.24) is 15.0 Å². The zero-order valence-electron chi connectivity index (χ0n) is 13.9. The molecule has 1 aromatic heterocycles. The van der Waals surface area contributed by atoms with Gasteiger partial charge in [0, 0.05) is 32.6 Å². The summed E-state index contributed by atoms with van der Waals surface area (Å²) in [4.78, 5) is 8.70. The van der Waals surface area contributed by atoms with Crippen molar-refractivity contribution in [2.24, 2.45) is 0 Å². The van der Waals surface area contributed by atoms with Crippen LogP contribution in [0, 0.1) is 17.1 Å². The van der Waals surface area contributed by atoms with E-state index in [4.69, 9.17) is 4.52 Å². The van der Waals surface area contributed by atoms with E-state index in [0.717, 1.165) is 32.6 Å². The first kappa shape index (κ1) is 16.4. The van der Waals surface area contributed by atoms with Gasteiger partial charge < -0.3 is 9.42 Å². The lowest BCUT2D eigenvalue weighted by atomic mass is 10.1. The smallest absolute Gasteiger partial charge is 0.243 e. The number of piperazine rings is 1. The number of nitriles is 1. The van der Waals surface area contributed by atoms with Crippen LogP contribution in [0.25, 0.3) is 0 Å². The van der Waals surface area contributed by atoms with E-state index in [1.54, 1.807) is 12.1 Å². The molecule has 0 radical (unpaired) electrons. The molecule has 0 bridgehead atoms. The average molecular weight is 329 g/mol. The number of halogens is 1. The molecule has 1 fully saturated rings. The molecule has 1 unspecified atom stereocenters. The van der Waals surface area contributed by atoms with Crippen molar-refractivity contribution in [1.29, 1.82) is 5.26 Å². The molecule has 1 aromatic carbocycles. The van der Waals surface area contributed by atoms with Gasteiger partial charge in [-0.3, -0.25) is 4.90 Å². The van der Waals surface area contributed by atoms with Crippen molar-refractivity contribution < 1.29 is 8.91 Å². The van der Waals surface area contributed by atoms with Crippen LogP contribution in [-0.2, 0) is 6.42 Å². The van der Waals surface area contributed by atoms with Crippen LogP contribution in [0.4, 0.5) is 10.1 Å². The van der Waals surface area contributed by atoms with E-state index >= 15 is 0 Å². The predicted octanol–water partition coefficient (Wildman–Crippen LogP) is 2.53. The maximum absolute atomic E-state index is 13.8. The Balaban J connectivity index is 1.68. The minimum Gasteiger partial charge on any atom is -0.368 e. The van der Waals surface area contributed by atoms with Crippen LogP contribution in [0.3, 0.4) is 0 Å². The van der Waals surface area contributed by atoms with E-state index in [9.17, 15) is 9.65 Å². The summed E-state index contributed by atoms with van der Waals surface area (Å²) in [6.45, 7) is 7.04. The largest absolute Gasteiger partial charge is 0.368 e. The highest BCUT2D eigenvalue weighted by Gasteiger charge is 2.27. The molecule has 0 saturated carbocycles. The third-order valence-electron chi connectivity index (χ3n) is 4.46. The average Bonchev–Trinajstić information content (AvgIpc) is 3.10. The Morgan fingerprint density at radius 1 is 1.33 bits per heavy atom. The second-order valence-corrected chi connectivity index (χ2v) is 5.85. The Labute approximate surface area is 140 Å². The van der Waals surface area contributed by atoms with Gasteiger partial charge in [-0.25, -0.2) is 4.39 Å². The third-order valence-corrected chi connectivity index (χ3v) is 4.46. The quantitative estimate of drug-likeness (QED) is 0.858. The Bertz CT molecular complexity index is 746. The summed E-state index contributed by atoms with van der Waals surface area (Å²) in [6, 6.07) is 6.77. The van der Waals surface area contributed by atoms with Crippen molar-refractivity contribution >= 4 is 5.69 Å². The molecule has 1 atom stereocenters. The topological polar surface area (TPSA) is 69.2 Å². The molecule has 1 saturated heterocycles. The molecule has 0 N–H and O–H groups in total. The molecule has 0 spiro atoms. The first-order valence-corrected chi connectivity index (χ1v) is 8.14. The number of aryl methyl sites for hydroxylation is 1. The summed E-state index contributed by atoms with van der Waals surface area (Å²) in [7, 11) is 0. The zero-order valence-corrected chi connectivity index (χ0v) is 13.9. The molecule has 126 valence electrons. The lowest BCUT2D eigenvalue weighted by Gasteiger charge is -2.38. The summed E-state index contributed by atoms with van der Waals surface area (Å²) in [6.07, 6.45) is 0.751. The first-order valence-electron chi connectivity index (χ1n) is 8.14. The molecular weight excluding hydrogens is 309 g/mol. The number of hydrogen-bond acceptors (Lipinski definition) is 6. The summed E-state index contributed by atoms with van der Waals surface area (Å²) < 4.78 is 19.1. The van der Waals surface area contributed by atoms with Gasteiger partial charge in [0.25, 0.3) is 0 Å². The van der Waals surface area contributed by atoms with Gasteiger partial charge in [0.05, 0.1) is 11.7 Å². The summed E-state index contributed by atoms with van der Waals surface area (Å²) >= 11 is 0. The van der Waals surface area contributed by atoms with Crippen LogP contribution in [0.15, 0.2) is 22.7 Å². The number of rotatable bonds is 4. The fourth-order valence-electron chi connectivity index (χ4n) is 2.97. The zero-order chi connectivity index (χ0) is 17.1. The van der Waals surface area contributed by atoms with Gasteiger partial charge in [0.2, 0.25) is 5.89 Å². The molecule has 1 aliphatic rings. The maximum atomic E-state index is 13.8. The molecule has 7 heteroatoms. The van der Waals surface area contributed by atoms with Gasteiger partial charge in [0.15, 0.2) is 5.82 Å². The van der Waals surface area contributed by atoms with Crippen LogP contribution in [0.1, 0.15) is 37.2 Å². The predicted molar refractivity (Wildman–Crippen MR) is 87.0 cm³/mol. The number of nitrogens with zero attached hydrogens (tertiary/aromatic N) is 5. The molecule has 1 aliphatic heterocycles. The maximum Gasteiger partial charge on any atom is 0.243 e. The number of anilines is 1. The molecule has 2 aromatic rings. The highest BCUT2D eigenvalue weighted by atomic mass is 19.1. The molecule has 6 nitrogen and oxygen atoms in total. The van der Waals surface area contributed by atoms with Crippen molar-refractivity contribution in [3.8, 4) is 6.07 Å². The Morgan fingerprint density at radius 2 is 2.08 bits per heavy atom. The molecule has 3 rings (SSSR count). The van der Waals surface area contributed by atoms with E-state index in [1.807, 2.05) is 19.9 Å². The second kappa shape index (κ2) is 6.97. The fourth-order valence-corrected chi connectivity index (χ4v) is 2.97. The number of hydrogen-bond donors (Lipinski definition) is 0. The van der Waals surface area contributed by atoms with Crippen LogP contribution in [0.5, 0.6) is 0 Å². The molecule has 0 amide bonds. The van der Waals surface area contributed by atoms with E-state index in [0.29, 0.717) is 17.4 Å². The van der Waals surface area contributed by atoms with E-state index < -0.39 is 5.82 Å². The van der Waals surface area contributed by atoms with Crippen LogP contribution in [0.2, 0.25) is 0 Å². The highest BCUT2D eigenvalue weighted by Crippen LogP contribution is 2.26. The molecular formula is C17H20FN5O. The minimum atomic E-state index is -0.469. The number of aromatic nitrogens is 2. The first-order chi connectivity index (χ1) is 11.6. The van der Waals surface area contributed by atoms with Gasteiger partial charge in [-0.1, -0.05) is 18.1 Å². The van der Waals surface area contributed by atoms with E-state index in [-0.39, 0.29) is 11.6 Å².